The van der Waals surface area contributed by atoms with Crippen LogP contribution in [0.2, 0.25) is 0 Å². The van der Waals surface area contributed by atoms with Gasteiger partial charge in [0, 0.05) is 15.5 Å². The smallest absolute Gasteiger partial charge is 0.227 e. The van der Waals surface area contributed by atoms with Crippen molar-refractivity contribution in [2.75, 3.05) is 5.32 Å². The number of rotatable bonds is 3. The summed E-state index contributed by atoms with van der Waals surface area (Å²) in [6.45, 7) is 2.04. The molecule has 6 heteroatoms. The van der Waals surface area contributed by atoms with Gasteiger partial charge in [-0.05, 0) is 53.3 Å². The molecule has 0 aliphatic carbocycles. The van der Waals surface area contributed by atoms with Crippen LogP contribution in [0.1, 0.15) is 11.3 Å². The zero-order chi connectivity index (χ0) is 13.1. The van der Waals surface area contributed by atoms with E-state index in [-0.39, 0.29) is 4.99 Å². The Balaban J connectivity index is 2.31. The molecule has 2 aromatic rings. The molecule has 0 radical (unpaired) electrons. The summed E-state index contributed by atoms with van der Waals surface area (Å²) < 4.78 is 1.18. The Bertz CT molecular complexity index is 600. The van der Waals surface area contributed by atoms with Crippen molar-refractivity contribution in [1.29, 1.82) is 0 Å². The number of halogens is 1. The maximum Gasteiger partial charge on any atom is 0.227 e. The lowest BCUT2D eigenvalue weighted by Crippen LogP contribution is -2.13. The van der Waals surface area contributed by atoms with Gasteiger partial charge in [0.05, 0.1) is 0 Å². The van der Waals surface area contributed by atoms with Crippen LogP contribution in [0, 0.1) is 10.5 Å². The minimum Gasteiger partial charge on any atom is -0.388 e. The molecule has 4 nitrogen and oxygen atoms in total. The second-order valence-corrected chi connectivity index (χ2v) is 5.27. The van der Waals surface area contributed by atoms with E-state index in [1.165, 1.54) is 3.57 Å². The van der Waals surface area contributed by atoms with E-state index in [1.54, 1.807) is 12.3 Å². The lowest BCUT2D eigenvalue weighted by molar-refractivity contribution is 1.15. The van der Waals surface area contributed by atoms with Gasteiger partial charge in [0.1, 0.15) is 10.7 Å². The monoisotopic (exact) mass is 370 g/mol. The van der Waals surface area contributed by atoms with Gasteiger partial charge >= 0.3 is 0 Å². The van der Waals surface area contributed by atoms with Crippen molar-refractivity contribution in [3.05, 3.63) is 45.3 Å². The molecule has 18 heavy (non-hydrogen) atoms. The Kier molecular flexibility index (Phi) is 4.07. The maximum atomic E-state index is 5.54. The highest BCUT2D eigenvalue weighted by Crippen LogP contribution is 2.22. The van der Waals surface area contributed by atoms with Crippen molar-refractivity contribution in [3.8, 4) is 0 Å². The minimum atomic E-state index is 0.264. The molecule has 1 heterocycles. The van der Waals surface area contributed by atoms with Gasteiger partial charge in [0.15, 0.2) is 0 Å². The fourth-order valence-corrected chi connectivity index (χ4v) is 2.03. The first-order valence-electron chi connectivity index (χ1n) is 5.23. The summed E-state index contributed by atoms with van der Waals surface area (Å²) in [4.78, 5) is 8.66. The van der Waals surface area contributed by atoms with Crippen molar-refractivity contribution >= 4 is 51.4 Å². The quantitative estimate of drug-likeness (QED) is 0.643. The zero-order valence-corrected chi connectivity index (χ0v) is 12.6. The van der Waals surface area contributed by atoms with Crippen molar-refractivity contribution in [2.45, 2.75) is 6.92 Å². The summed E-state index contributed by atoms with van der Waals surface area (Å²) in [6.07, 6.45) is 1.63. The predicted molar refractivity (Wildman–Crippen MR) is 85.1 cm³/mol. The molecule has 0 bridgehead atoms. The lowest BCUT2D eigenvalue weighted by Gasteiger charge is -2.09. The topological polar surface area (TPSA) is 63.8 Å². The highest BCUT2D eigenvalue weighted by atomic mass is 127. The first-order chi connectivity index (χ1) is 8.58. The van der Waals surface area contributed by atoms with Gasteiger partial charge < -0.3 is 11.1 Å². The van der Waals surface area contributed by atoms with Crippen LogP contribution < -0.4 is 11.1 Å². The summed E-state index contributed by atoms with van der Waals surface area (Å²) in [5, 5.41) is 3.17. The van der Waals surface area contributed by atoms with Crippen LogP contribution in [0.25, 0.3) is 0 Å². The van der Waals surface area contributed by atoms with Gasteiger partial charge in [-0.15, -0.1) is 0 Å². The number of benzene rings is 1. The highest BCUT2D eigenvalue weighted by molar-refractivity contribution is 14.1. The minimum absolute atomic E-state index is 0.264. The van der Waals surface area contributed by atoms with Crippen LogP contribution in [0.5, 0.6) is 0 Å². The Morgan fingerprint density at radius 3 is 2.89 bits per heavy atom. The van der Waals surface area contributed by atoms with Gasteiger partial charge in [-0.1, -0.05) is 18.3 Å². The first kappa shape index (κ1) is 13.2. The molecule has 0 aliphatic heterocycles. The van der Waals surface area contributed by atoms with Crippen LogP contribution >= 0.6 is 34.8 Å². The molecule has 2 rings (SSSR count). The molecule has 1 aromatic carbocycles. The fourth-order valence-electron chi connectivity index (χ4n) is 1.42. The largest absolute Gasteiger partial charge is 0.388 e. The summed E-state index contributed by atoms with van der Waals surface area (Å²) >= 11 is 7.18. The number of hydrogen-bond donors (Lipinski definition) is 2. The standard InChI is InChI=1S/C12H11IN4S/c1-7-8(13)3-2-4-9(7)16-12-15-6-5-10(17-12)11(14)18/h2-6H,1H3,(H2,14,18)(H,15,16,17). The van der Waals surface area contributed by atoms with Crippen LogP contribution in [-0.2, 0) is 0 Å². The molecule has 0 spiro atoms. The summed E-state index contributed by atoms with van der Waals surface area (Å²) in [7, 11) is 0. The van der Waals surface area contributed by atoms with Gasteiger partial charge in [0.25, 0.3) is 0 Å². The molecule has 0 atom stereocenters. The van der Waals surface area contributed by atoms with Crippen molar-refractivity contribution in [2.24, 2.45) is 5.73 Å². The lowest BCUT2D eigenvalue weighted by atomic mass is 10.2. The normalized spacial score (nSPS) is 10.1. The molecule has 0 amide bonds. The number of nitrogens with two attached hydrogens (primary N) is 1. The summed E-state index contributed by atoms with van der Waals surface area (Å²) in [6, 6.07) is 7.70. The van der Waals surface area contributed by atoms with Crippen LogP contribution in [0.3, 0.4) is 0 Å². The second kappa shape index (κ2) is 5.57. The van der Waals surface area contributed by atoms with Crippen LogP contribution in [-0.4, -0.2) is 15.0 Å². The number of hydrogen-bond acceptors (Lipinski definition) is 4. The highest BCUT2D eigenvalue weighted by Gasteiger charge is 2.05. The average molecular weight is 370 g/mol. The average Bonchev–Trinajstić information content (AvgIpc) is 2.35. The third kappa shape index (κ3) is 2.94. The molecule has 0 saturated heterocycles. The molecule has 0 unspecified atom stereocenters. The number of nitrogens with one attached hydrogen (secondary N) is 1. The molecule has 0 aliphatic rings. The molecule has 3 N–H and O–H groups in total. The second-order valence-electron chi connectivity index (χ2n) is 3.67. The fraction of sp³-hybridized carbons (Fsp3) is 0.0833. The maximum absolute atomic E-state index is 5.54. The van der Waals surface area contributed by atoms with E-state index in [0.717, 1.165) is 11.3 Å². The van der Waals surface area contributed by atoms with Crippen LogP contribution in [0.4, 0.5) is 11.6 Å². The SMILES string of the molecule is Cc1c(I)cccc1Nc1nccc(C(N)=S)n1. The van der Waals surface area contributed by atoms with Crippen molar-refractivity contribution < 1.29 is 0 Å². The molecular weight excluding hydrogens is 359 g/mol. The third-order valence-corrected chi connectivity index (χ3v) is 3.80. The van der Waals surface area contributed by atoms with E-state index in [9.17, 15) is 0 Å². The Morgan fingerprint density at radius 1 is 1.39 bits per heavy atom. The van der Waals surface area contributed by atoms with Gasteiger partial charge in [0.2, 0.25) is 5.95 Å². The Hall–Kier alpha value is -1.28. The molecule has 92 valence electrons. The Morgan fingerprint density at radius 2 is 2.17 bits per heavy atom. The summed E-state index contributed by atoms with van der Waals surface area (Å²) in [5.41, 5.74) is 8.23. The van der Waals surface area contributed by atoms with Crippen LogP contribution in [0.15, 0.2) is 30.5 Å². The third-order valence-electron chi connectivity index (χ3n) is 2.42. The van der Waals surface area contributed by atoms with E-state index < -0.39 is 0 Å². The molecule has 1 aromatic heterocycles. The predicted octanol–water partition coefficient (Wildman–Crippen LogP) is 2.77. The van der Waals surface area contributed by atoms with Crippen molar-refractivity contribution in [1.82, 2.24) is 9.97 Å². The number of anilines is 2. The van der Waals surface area contributed by atoms with E-state index in [0.29, 0.717) is 11.6 Å². The van der Waals surface area contributed by atoms with E-state index >= 15 is 0 Å². The zero-order valence-electron chi connectivity index (χ0n) is 9.64. The van der Waals surface area contributed by atoms with E-state index in [1.807, 2.05) is 25.1 Å². The van der Waals surface area contributed by atoms with Crippen molar-refractivity contribution in [3.63, 3.8) is 0 Å². The first-order valence-corrected chi connectivity index (χ1v) is 6.71. The molecular formula is C12H11IN4S. The van der Waals surface area contributed by atoms with E-state index in [4.69, 9.17) is 18.0 Å². The molecule has 0 saturated carbocycles. The number of nitrogens with zero attached hydrogens (tertiary/aromatic N) is 2. The van der Waals surface area contributed by atoms with Gasteiger partial charge in [-0.25, -0.2) is 9.97 Å². The van der Waals surface area contributed by atoms with E-state index in [2.05, 4.69) is 37.9 Å². The van der Waals surface area contributed by atoms with Gasteiger partial charge in [-0.3, -0.25) is 0 Å². The number of aromatic nitrogens is 2. The molecule has 0 fully saturated rings. The van der Waals surface area contributed by atoms with Gasteiger partial charge in [-0.2, -0.15) is 0 Å². The number of thiocarbonyl (C=S) groups is 1. The Labute approximate surface area is 124 Å². The summed E-state index contributed by atoms with van der Waals surface area (Å²) in [5.74, 6) is 0.491.